The van der Waals surface area contributed by atoms with Crippen molar-refractivity contribution in [1.29, 1.82) is 0 Å². The fourth-order valence-electron chi connectivity index (χ4n) is 3.43. The van der Waals surface area contributed by atoms with Crippen LogP contribution in [0.2, 0.25) is 0 Å². The lowest BCUT2D eigenvalue weighted by atomic mass is 10.1. The average molecular weight is 491 g/mol. The Labute approximate surface area is 180 Å². The fraction of sp³-hybridized carbons (Fsp3) is 0.650. The number of benzene rings is 1. The summed E-state index contributed by atoms with van der Waals surface area (Å²) in [6.45, 7) is 6.32. The minimum Gasteiger partial charge on any atom is -0.493 e. The number of halogens is 1. The highest BCUT2D eigenvalue weighted by Crippen LogP contribution is 2.31. The Hall–Kier alpha value is -1.22. The maximum Gasteiger partial charge on any atom is 0.193 e. The third-order valence-corrected chi connectivity index (χ3v) is 5.04. The normalized spacial score (nSPS) is 19.4. The lowest BCUT2D eigenvalue weighted by Gasteiger charge is -2.24. The molecule has 1 aromatic rings. The Morgan fingerprint density at radius 1 is 1.26 bits per heavy atom. The van der Waals surface area contributed by atoms with Crippen molar-refractivity contribution in [2.75, 3.05) is 34.4 Å². The minimum atomic E-state index is -0.208. The predicted molar refractivity (Wildman–Crippen MR) is 120 cm³/mol. The monoisotopic (exact) mass is 491 g/mol. The van der Waals surface area contributed by atoms with Gasteiger partial charge in [-0.25, -0.2) is 0 Å². The molecule has 27 heavy (non-hydrogen) atoms. The average Bonchev–Trinajstić information content (AvgIpc) is 3.04. The van der Waals surface area contributed by atoms with E-state index in [-0.39, 0.29) is 36.0 Å². The molecule has 0 amide bonds. The molecule has 0 radical (unpaired) electrons. The molecule has 1 aliphatic carbocycles. The highest BCUT2D eigenvalue weighted by molar-refractivity contribution is 14.0. The van der Waals surface area contributed by atoms with E-state index < -0.39 is 0 Å². The number of ether oxygens (including phenoxy) is 2. The molecule has 2 unspecified atom stereocenters. The van der Waals surface area contributed by atoms with Crippen LogP contribution in [-0.4, -0.2) is 56.4 Å². The molecule has 154 valence electrons. The number of hydrogen-bond donors (Lipinski definition) is 2. The second-order valence-corrected chi connectivity index (χ2v) is 6.94. The first-order valence-corrected chi connectivity index (χ1v) is 9.39. The van der Waals surface area contributed by atoms with Crippen LogP contribution in [0.3, 0.4) is 0 Å². The molecule has 0 aromatic heterocycles. The first-order valence-electron chi connectivity index (χ1n) is 9.39. The van der Waals surface area contributed by atoms with Crippen LogP contribution in [0, 0.1) is 12.8 Å². The van der Waals surface area contributed by atoms with Crippen molar-refractivity contribution in [3.8, 4) is 11.5 Å². The molecular formula is C20H34IN3O3. The Morgan fingerprint density at radius 2 is 1.93 bits per heavy atom. The number of rotatable bonds is 7. The van der Waals surface area contributed by atoms with Gasteiger partial charge in [0, 0.05) is 32.6 Å². The van der Waals surface area contributed by atoms with Gasteiger partial charge in [-0.1, -0.05) is 6.42 Å². The fourth-order valence-corrected chi connectivity index (χ4v) is 3.43. The van der Waals surface area contributed by atoms with Gasteiger partial charge in [-0.15, -0.1) is 24.0 Å². The molecule has 1 saturated carbocycles. The largest absolute Gasteiger partial charge is 0.493 e. The number of nitrogens with one attached hydrogen (secondary N) is 1. The summed E-state index contributed by atoms with van der Waals surface area (Å²) in [5.41, 5.74) is 2.31. The van der Waals surface area contributed by atoms with E-state index in [4.69, 9.17) is 14.5 Å². The van der Waals surface area contributed by atoms with E-state index in [0.29, 0.717) is 13.1 Å². The molecule has 7 heteroatoms. The van der Waals surface area contributed by atoms with Crippen LogP contribution in [-0.2, 0) is 6.54 Å². The van der Waals surface area contributed by atoms with Gasteiger partial charge in [0.1, 0.15) is 0 Å². The molecule has 1 aromatic carbocycles. The number of aliphatic hydroxyl groups is 1. The highest BCUT2D eigenvalue weighted by atomic mass is 127. The third-order valence-electron chi connectivity index (χ3n) is 5.04. The quantitative estimate of drug-likeness (QED) is 0.349. The number of aliphatic hydroxyl groups excluding tert-OH is 1. The minimum absolute atomic E-state index is 0. The smallest absolute Gasteiger partial charge is 0.193 e. The SMILES string of the molecule is CCNC(=NCC1CCCC1O)N(C)Cc1cc(OC)c(OC)cc1C.I. The third kappa shape index (κ3) is 6.41. The summed E-state index contributed by atoms with van der Waals surface area (Å²) in [6, 6.07) is 4.02. The van der Waals surface area contributed by atoms with Crippen LogP contribution in [0.1, 0.15) is 37.3 Å². The molecule has 2 rings (SSSR count). The zero-order valence-corrected chi connectivity index (χ0v) is 19.4. The van der Waals surface area contributed by atoms with Gasteiger partial charge in [0.2, 0.25) is 0 Å². The Balaban J connectivity index is 0.00000364. The molecule has 1 aliphatic rings. The van der Waals surface area contributed by atoms with Crippen molar-refractivity contribution in [3.05, 3.63) is 23.3 Å². The molecule has 0 spiro atoms. The van der Waals surface area contributed by atoms with Crippen LogP contribution < -0.4 is 14.8 Å². The van der Waals surface area contributed by atoms with Gasteiger partial charge in [0.25, 0.3) is 0 Å². The van der Waals surface area contributed by atoms with Gasteiger partial charge in [0.05, 0.1) is 20.3 Å². The molecule has 0 bridgehead atoms. The summed E-state index contributed by atoms with van der Waals surface area (Å²) >= 11 is 0. The zero-order chi connectivity index (χ0) is 19.1. The maximum atomic E-state index is 10.0. The van der Waals surface area contributed by atoms with Crippen molar-refractivity contribution >= 4 is 29.9 Å². The van der Waals surface area contributed by atoms with E-state index in [0.717, 1.165) is 54.4 Å². The van der Waals surface area contributed by atoms with E-state index in [2.05, 4.69) is 24.1 Å². The second-order valence-electron chi connectivity index (χ2n) is 6.94. The zero-order valence-electron chi connectivity index (χ0n) is 17.1. The summed E-state index contributed by atoms with van der Waals surface area (Å²) in [5, 5.41) is 13.4. The first kappa shape index (κ1) is 23.8. The summed E-state index contributed by atoms with van der Waals surface area (Å²) in [6.07, 6.45) is 2.85. The van der Waals surface area contributed by atoms with E-state index in [1.807, 2.05) is 19.2 Å². The summed E-state index contributed by atoms with van der Waals surface area (Å²) in [4.78, 5) is 6.87. The number of hydrogen-bond acceptors (Lipinski definition) is 4. The number of guanidine groups is 1. The summed E-state index contributed by atoms with van der Waals surface area (Å²) < 4.78 is 10.8. The Kier molecular flexibility index (Phi) is 10.2. The standard InChI is InChI=1S/C20H33N3O3.HI/c1-6-21-20(22-12-15-8-7-9-17(15)24)23(3)13-16-11-19(26-5)18(25-4)10-14(16)2;/h10-11,15,17,24H,6-9,12-13H2,1-5H3,(H,21,22);1H. The first-order chi connectivity index (χ1) is 12.5. The number of aryl methyl sites for hydroxylation is 1. The molecular weight excluding hydrogens is 457 g/mol. The Bertz CT molecular complexity index is 625. The molecule has 0 saturated heterocycles. The van der Waals surface area contributed by atoms with E-state index in [1.54, 1.807) is 14.2 Å². The predicted octanol–water partition coefficient (Wildman–Crippen LogP) is 3.19. The molecule has 2 N–H and O–H groups in total. The van der Waals surface area contributed by atoms with E-state index in [1.165, 1.54) is 0 Å². The van der Waals surface area contributed by atoms with Crippen LogP contribution in [0.25, 0.3) is 0 Å². The van der Waals surface area contributed by atoms with Crippen molar-refractivity contribution in [2.45, 2.75) is 45.8 Å². The van der Waals surface area contributed by atoms with Gasteiger partial charge < -0.3 is 24.8 Å². The number of aliphatic imine (C=N–C) groups is 1. The topological polar surface area (TPSA) is 66.3 Å². The van der Waals surface area contributed by atoms with Crippen LogP contribution >= 0.6 is 24.0 Å². The second kappa shape index (κ2) is 11.6. The van der Waals surface area contributed by atoms with Gasteiger partial charge in [-0.05, 0) is 49.9 Å². The van der Waals surface area contributed by atoms with E-state index >= 15 is 0 Å². The number of methoxy groups -OCH3 is 2. The Morgan fingerprint density at radius 3 is 2.48 bits per heavy atom. The van der Waals surface area contributed by atoms with E-state index in [9.17, 15) is 5.11 Å². The molecule has 0 heterocycles. The van der Waals surface area contributed by atoms with Crippen molar-refractivity contribution in [3.63, 3.8) is 0 Å². The van der Waals surface area contributed by atoms with Crippen LogP contribution in [0.5, 0.6) is 11.5 Å². The van der Waals surface area contributed by atoms with Gasteiger partial charge in [0.15, 0.2) is 17.5 Å². The molecule has 0 aliphatic heterocycles. The summed E-state index contributed by atoms with van der Waals surface area (Å²) in [5.74, 6) is 2.62. The molecule has 2 atom stereocenters. The number of nitrogens with zero attached hydrogens (tertiary/aromatic N) is 2. The molecule has 6 nitrogen and oxygen atoms in total. The van der Waals surface area contributed by atoms with Crippen molar-refractivity contribution in [1.82, 2.24) is 10.2 Å². The van der Waals surface area contributed by atoms with Gasteiger partial charge in [-0.3, -0.25) is 4.99 Å². The van der Waals surface area contributed by atoms with Crippen LogP contribution in [0.15, 0.2) is 17.1 Å². The van der Waals surface area contributed by atoms with Crippen LogP contribution in [0.4, 0.5) is 0 Å². The maximum absolute atomic E-state index is 10.0. The van der Waals surface area contributed by atoms with Crippen molar-refractivity contribution < 1.29 is 14.6 Å². The summed E-state index contributed by atoms with van der Waals surface area (Å²) in [7, 11) is 5.33. The van der Waals surface area contributed by atoms with Gasteiger partial charge in [-0.2, -0.15) is 0 Å². The molecule has 1 fully saturated rings. The van der Waals surface area contributed by atoms with Crippen molar-refractivity contribution in [2.24, 2.45) is 10.9 Å². The lowest BCUT2D eigenvalue weighted by molar-refractivity contribution is 0.136. The highest BCUT2D eigenvalue weighted by Gasteiger charge is 2.25. The van der Waals surface area contributed by atoms with Gasteiger partial charge >= 0.3 is 0 Å². The lowest BCUT2D eigenvalue weighted by Crippen LogP contribution is -2.39.